The Morgan fingerprint density at radius 3 is 2.50 bits per heavy atom. The van der Waals surface area contributed by atoms with Crippen molar-refractivity contribution in [3.63, 3.8) is 0 Å². The van der Waals surface area contributed by atoms with Crippen LogP contribution in [0.4, 0.5) is 5.69 Å². The van der Waals surface area contributed by atoms with E-state index in [1.165, 1.54) is 0 Å². The summed E-state index contributed by atoms with van der Waals surface area (Å²) in [4.78, 5) is 0. The van der Waals surface area contributed by atoms with Crippen LogP contribution in [0, 0.1) is 0 Å². The first-order chi connectivity index (χ1) is 8.50. The van der Waals surface area contributed by atoms with Gasteiger partial charge in [-0.15, -0.1) is 11.6 Å². The number of nitrogens with one attached hydrogen (secondary N) is 1. The average molecular weight is 288 g/mol. The fourth-order valence-electron chi connectivity index (χ4n) is 2.37. The summed E-state index contributed by atoms with van der Waals surface area (Å²) in [6.45, 7) is 1.84. The van der Waals surface area contributed by atoms with Crippen LogP contribution in [-0.4, -0.2) is 13.7 Å². The number of halogens is 1. The van der Waals surface area contributed by atoms with Crippen molar-refractivity contribution in [2.24, 2.45) is 0 Å². The van der Waals surface area contributed by atoms with E-state index in [-0.39, 0.29) is 10.6 Å². The number of anilines is 1. The van der Waals surface area contributed by atoms with Gasteiger partial charge in [0.2, 0.25) is 10.0 Å². The van der Waals surface area contributed by atoms with E-state index >= 15 is 0 Å². The summed E-state index contributed by atoms with van der Waals surface area (Å²) in [7, 11) is -3.28. The Bertz CT molecular complexity index is 507. The number of hydrogen-bond acceptors (Lipinski definition) is 2. The van der Waals surface area contributed by atoms with Crippen LogP contribution in [0.25, 0.3) is 0 Å². The predicted molar refractivity (Wildman–Crippen MR) is 75.5 cm³/mol. The molecule has 2 rings (SSSR count). The van der Waals surface area contributed by atoms with Crippen molar-refractivity contribution in [3.8, 4) is 0 Å². The van der Waals surface area contributed by atoms with Crippen LogP contribution < -0.4 is 4.72 Å². The minimum absolute atomic E-state index is 0.215. The zero-order valence-electron chi connectivity index (χ0n) is 10.4. The highest BCUT2D eigenvalue weighted by molar-refractivity contribution is 7.93. The molecule has 1 unspecified atom stereocenters. The van der Waals surface area contributed by atoms with Crippen molar-refractivity contribution in [3.05, 3.63) is 29.8 Å². The third-order valence-electron chi connectivity index (χ3n) is 3.38. The number of sulfonamides is 1. The molecule has 1 aromatic carbocycles. The van der Waals surface area contributed by atoms with Crippen LogP contribution in [0.3, 0.4) is 0 Å². The number of alkyl halides is 1. The molecule has 0 radical (unpaired) electrons. The molecule has 0 aliphatic heterocycles. The number of rotatable bonds is 4. The molecule has 0 heterocycles. The average Bonchev–Trinajstić information content (AvgIpc) is 2.83. The summed E-state index contributed by atoms with van der Waals surface area (Å²) in [6.07, 6.45) is 3.51. The predicted octanol–water partition coefficient (Wildman–Crippen LogP) is 3.67. The summed E-state index contributed by atoms with van der Waals surface area (Å²) in [5.41, 5.74) is 1.42. The van der Waals surface area contributed by atoms with Crippen LogP contribution in [0.15, 0.2) is 24.3 Å². The number of hydrogen-bond donors (Lipinski definition) is 1. The van der Waals surface area contributed by atoms with E-state index in [2.05, 4.69) is 4.72 Å². The van der Waals surface area contributed by atoms with Gasteiger partial charge in [-0.2, -0.15) is 0 Å². The van der Waals surface area contributed by atoms with Gasteiger partial charge in [-0.25, -0.2) is 8.42 Å². The topological polar surface area (TPSA) is 46.2 Å². The molecular formula is C13H18ClNO2S. The summed E-state index contributed by atoms with van der Waals surface area (Å²) >= 11 is 6.06. The lowest BCUT2D eigenvalue weighted by atomic mass is 10.1. The number of benzene rings is 1. The van der Waals surface area contributed by atoms with Crippen molar-refractivity contribution in [1.82, 2.24) is 0 Å². The maximum absolute atomic E-state index is 12.2. The van der Waals surface area contributed by atoms with E-state index in [1.54, 1.807) is 6.07 Å². The molecule has 1 N–H and O–H groups in total. The molecule has 5 heteroatoms. The second kappa shape index (κ2) is 5.49. The fourth-order valence-corrected chi connectivity index (χ4v) is 4.18. The molecule has 1 atom stereocenters. The van der Waals surface area contributed by atoms with Crippen molar-refractivity contribution >= 4 is 27.3 Å². The van der Waals surface area contributed by atoms with Crippen molar-refractivity contribution in [2.75, 3.05) is 4.72 Å². The minimum atomic E-state index is -3.28. The van der Waals surface area contributed by atoms with E-state index < -0.39 is 10.0 Å². The van der Waals surface area contributed by atoms with Gasteiger partial charge < -0.3 is 0 Å². The minimum Gasteiger partial charge on any atom is -0.283 e. The number of para-hydroxylation sites is 1. The highest BCUT2D eigenvalue weighted by atomic mass is 35.5. The fraction of sp³-hybridized carbons (Fsp3) is 0.538. The molecule has 0 bridgehead atoms. The van der Waals surface area contributed by atoms with Gasteiger partial charge in [-0.05, 0) is 31.4 Å². The van der Waals surface area contributed by atoms with Crippen molar-refractivity contribution < 1.29 is 8.42 Å². The summed E-state index contributed by atoms with van der Waals surface area (Å²) in [5.74, 6) is 0. The van der Waals surface area contributed by atoms with Gasteiger partial charge in [0.25, 0.3) is 0 Å². The quantitative estimate of drug-likeness (QED) is 0.859. The molecule has 1 fully saturated rings. The van der Waals surface area contributed by atoms with Crippen LogP contribution in [0.1, 0.15) is 43.5 Å². The molecule has 1 saturated carbocycles. The lowest BCUT2D eigenvalue weighted by molar-refractivity contribution is 0.585. The summed E-state index contributed by atoms with van der Waals surface area (Å²) in [5, 5.41) is -0.469. The molecule has 3 nitrogen and oxygen atoms in total. The van der Waals surface area contributed by atoms with Gasteiger partial charge in [0.15, 0.2) is 0 Å². The second-order valence-corrected chi connectivity index (χ2v) is 7.37. The Morgan fingerprint density at radius 2 is 1.89 bits per heavy atom. The van der Waals surface area contributed by atoms with Gasteiger partial charge in [0, 0.05) is 0 Å². The standard InChI is InChI=1S/C13H18ClNO2S/c1-10(14)12-8-4-5-9-13(12)15-18(16,17)11-6-2-3-7-11/h4-5,8-11,15H,2-3,6-7H2,1H3. The third-order valence-corrected chi connectivity index (χ3v) is 5.47. The molecule has 1 aromatic rings. The molecule has 0 amide bonds. The molecular weight excluding hydrogens is 270 g/mol. The van der Waals surface area contributed by atoms with Gasteiger partial charge >= 0.3 is 0 Å². The lowest BCUT2D eigenvalue weighted by Gasteiger charge is -2.17. The molecule has 1 aliphatic rings. The first kappa shape index (κ1) is 13.7. The van der Waals surface area contributed by atoms with Crippen LogP contribution in [0.5, 0.6) is 0 Å². The third kappa shape index (κ3) is 2.98. The van der Waals surface area contributed by atoms with Crippen LogP contribution >= 0.6 is 11.6 Å². The smallest absolute Gasteiger partial charge is 0.235 e. The largest absolute Gasteiger partial charge is 0.283 e. The van der Waals surface area contributed by atoms with Gasteiger partial charge in [-0.3, -0.25) is 4.72 Å². The monoisotopic (exact) mass is 287 g/mol. The maximum atomic E-state index is 12.2. The van der Waals surface area contributed by atoms with E-state index in [4.69, 9.17) is 11.6 Å². The molecule has 0 spiro atoms. The zero-order valence-corrected chi connectivity index (χ0v) is 12.0. The summed E-state index contributed by atoms with van der Waals surface area (Å²) < 4.78 is 27.1. The SMILES string of the molecule is CC(Cl)c1ccccc1NS(=O)(=O)C1CCCC1. The Morgan fingerprint density at radius 1 is 1.28 bits per heavy atom. The lowest BCUT2D eigenvalue weighted by Crippen LogP contribution is -2.25. The maximum Gasteiger partial charge on any atom is 0.235 e. The van der Waals surface area contributed by atoms with Gasteiger partial charge in [-0.1, -0.05) is 31.0 Å². The Hall–Kier alpha value is -0.740. The Labute approximate surface area is 114 Å². The van der Waals surface area contributed by atoms with Crippen molar-refractivity contribution in [1.29, 1.82) is 0 Å². The first-order valence-electron chi connectivity index (χ1n) is 6.25. The molecule has 18 heavy (non-hydrogen) atoms. The molecule has 100 valence electrons. The van der Waals surface area contributed by atoms with Crippen molar-refractivity contribution in [2.45, 2.75) is 43.2 Å². The normalized spacial score (nSPS) is 18.8. The molecule has 1 aliphatic carbocycles. The van der Waals surface area contributed by atoms with Gasteiger partial charge in [0.1, 0.15) is 0 Å². The zero-order chi connectivity index (χ0) is 13.2. The van der Waals surface area contributed by atoms with E-state index in [9.17, 15) is 8.42 Å². The Balaban J connectivity index is 2.23. The second-order valence-electron chi connectivity index (χ2n) is 4.76. The van der Waals surface area contributed by atoms with E-state index in [1.807, 2.05) is 25.1 Å². The first-order valence-corrected chi connectivity index (χ1v) is 8.23. The van der Waals surface area contributed by atoms with E-state index in [0.29, 0.717) is 5.69 Å². The van der Waals surface area contributed by atoms with Crippen LogP contribution in [-0.2, 0) is 10.0 Å². The highest BCUT2D eigenvalue weighted by Crippen LogP contribution is 2.31. The summed E-state index contributed by atoms with van der Waals surface area (Å²) in [6, 6.07) is 7.29. The molecule has 0 aromatic heterocycles. The van der Waals surface area contributed by atoms with Crippen LogP contribution in [0.2, 0.25) is 0 Å². The Kier molecular flexibility index (Phi) is 4.17. The van der Waals surface area contributed by atoms with Gasteiger partial charge in [0.05, 0.1) is 16.3 Å². The van der Waals surface area contributed by atoms with E-state index in [0.717, 1.165) is 31.2 Å². The molecule has 0 saturated heterocycles. The highest BCUT2D eigenvalue weighted by Gasteiger charge is 2.29.